The van der Waals surface area contributed by atoms with Crippen molar-refractivity contribution in [3.8, 4) is 0 Å². The Morgan fingerprint density at radius 2 is 2.22 bits per heavy atom. The molecule has 0 unspecified atom stereocenters. The predicted molar refractivity (Wildman–Crippen MR) is 41.7 cm³/mol. The summed E-state index contributed by atoms with van der Waals surface area (Å²) in [4.78, 5) is 0. The van der Waals surface area contributed by atoms with Crippen LogP contribution in [0.25, 0.3) is 0 Å². The normalized spacial score (nSPS) is 10.2. The first-order valence-electron chi connectivity index (χ1n) is 2.15. The molecule has 0 heterocycles. The van der Waals surface area contributed by atoms with Gasteiger partial charge in [-0.15, -0.1) is 7.77 Å². The Morgan fingerprint density at radius 3 is 2.67 bits per heavy atom. The van der Waals surface area contributed by atoms with E-state index >= 15 is 0 Å². The van der Waals surface area contributed by atoms with Gasteiger partial charge in [-0.25, -0.2) is 4.36 Å². The van der Waals surface area contributed by atoms with E-state index in [-0.39, 0.29) is 6.54 Å². The lowest BCUT2D eigenvalue weighted by Gasteiger charge is -1.92. The van der Waals surface area contributed by atoms with Gasteiger partial charge in [0.05, 0.1) is 17.8 Å². The van der Waals surface area contributed by atoms with E-state index in [1.54, 1.807) is 0 Å². The van der Waals surface area contributed by atoms with E-state index in [1.807, 2.05) is 22.6 Å². The molecule has 6 heteroatoms. The Labute approximate surface area is 68.8 Å². The molecule has 0 radical (unpaired) electrons. The zero-order chi connectivity index (χ0) is 7.11. The molecule has 0 saturated carbocycles. The van der Waals surface area contributed by atoms with Crippen LogP contribution in [0.1, 0.15) is 0 Å². The van der Waals surface area contributed by atoms with E-state index in [2.05, 4.69) is 4.36 Å². The third-order valence-corrected chi connectivity index (χ3v) is 1.32. The Morgan fingerprint density at radius 1 is 1.56 bits per heavy atom. The molecule has 0 saturated heterocycles. The van der Waals surface area contributed by atoms with Crippen LogP contribution in [0.5, 0.6) is 0 Å². The highest BCUT2D eigenvalue weighted by molar-refractivity contribution is 14.1. The second kappa shape index (κ2) is 6.81. The summed E-state index contributed by atoms with van der Waals surface area (Å²) in [6, 6.07) is 0. The van der Waals surface area contributed by atoms with Crippen LogP contribution in [0.4, 0.5) is 7.77 Å². The van der Waals surface area contributed by atoms with E-state index in [0.29, 0.717) is 11.2 Å². The van der Waals surface area contributed by atoms with Crippen LogP contribution >= 0.6 is 22.6 Å². The van der Waals surface area contributed by atoms with Crippen molar-refractivity contribution in [1.82, 2.24) is 0 Å². The number of alkyl halides is 1. The van der Waals surface area contributed by atoms with Crippen molar-refractivity contribution in [2.75, 3.05) is 17.8 Å². The summed E-state index contributed by atoms with van der Waals surface area (Å²) in [7, 11) is 0. The van der Waals surface area contributed by atoms with Gasteiger partial charge in [0.2, 0.25) is 0 Å². The van der Waals surface area contributed by atoms with E-state index in [0.717, 1.165) is 0 Å². The van der Waals surface area contributed by atoms with Gasteiger partial charge < -0.3 is 4.74 Å². The Kier molecular flexibility index (Phi) is 7.34. The molecule has 9 heavy (non-hydrogen) atoms. The van der Waals surface area contributed by atoms with Gasteiger partial charge in [-0.2, -0.15) is 0 Å². The maximum Gasteiger partial charge on any atom is 0.261 e. The summed E-state index contributed by atoms with van der Waals surface area (Å²) in [6.07, 6.45) is 0. The van der Waals surface area contributed by atoms with Crippen molar-refractivity contribution in [3.63, 3.8) is 0 Å². The first-order valence-corrected chi connectivity index (χ1v) is 4.66. The first kappa shape index (κ1) is 9.70. The van der Waals surface area contributed by atoms with Crippen molar-refractivity contribution < 1.29 is 12.5 Å². The van der Waals surface area contributed by atoms with Crippen LogP contribution in [0, 0.1) is 0 Å². The van der Waals surface area contributed by atoms with Gasteiger partial charge in [-0.1, -0.05) is 22.6 Å². The molecular formula is C3H6F2INOS. The van der Waals surface area contributed by atoms with Crippen LogP contribution in [0.2, 0.25) is 0 Å². The monoisotopic (exact) mass is 269 g/mol. The van der Waals surface area contributed by atoms with E-state index in [1.165, 1.54) is 0 Å². The summed E-state index contributed by atoms with van der Waals surface area (Å²) in [5, 5.41) is 0. The molecule has 0 rings (SSSR count). The smallest absolute Gasteiger partial charge is 0.261 e. The molecule has 0 atom stereocenters. The predicted octanol–water partition coefficient (Wildman–Crippen LogP) is 1.97. The second-order valence-electron chi connectivity index (χ2n) is 1.07. The summed E-state index contributed by atoms with van der Waals surface area (Å²) >= 11 is -0.781. The second-order valence-corrected chi connectivity index (χ2v) is 2.34. The third kappa shape index (κ3) is 8.70. The van der Waals surface area contributed by atoms with Gasteiger partial charge in [0.1, 0.15) is 0 Å². The molecule has 0 aliphatic carbocycles. The number of hydrogen-bond donors (Lipinski definition) is 0. The fraction of sp³-hybridized carbons (Fsp3) is 1.00. The Balaban J connectivity index is 3.00. The standard InChI is InChI=1S/C3H6F2INOS/c4-9(5)7-1-2-8-3-6/h1-3H2. The van der Waals surface area contributed by atoms with Crippen LogP contribution in [-0.4, -0.2) is 17.8 Å². The number of hydrogen-bond acceptors (Lipinski definition) is 2. The minimum absolute atomic E-state index is 0.0963. The molecule has 0 aromatic carbocycles. The van der Waals surface area contributed by atoms with Crippen LogP contribution in [0.15, 0.2) is 4.36 Å². The van der Waals surface area contributed by atoms with Gasteiger partial charge in [-0.3, -0.25) is 0 Å². The number of rotatable bonds is 4. The first-order chi connectivity index (χ1) is 4.27. The van der Waals surface area contributed by atoms with Gasteiger partial charge in [0, 0.05) is 0 Å². The highest BCUT2D eigenvalue weighted by atomic mass is 127. The zero-order valence-electron chi connectivity index (χ0n) is 4.52. The summed E-state index contributed by atoms with van der Waals surface area (Å²) in [5.41, 5.74) is 0. The summed E-state index contributed by atoms with van der Waals surface area (Å²) in [5.74, 6) is 0. The molecule has 0 bridgehead atoms. The quantitative estimate of drug-likeness (QED) is 0.434. The molecule has 0 spiro atoms. The average Bonchev–Trinajstić information content (AvgIpc) is 1.80. The number of halogens is 3. The minimum Gasteiger partial charge on any atom is -0.369 e. The van der Waals surface area contributed by atoms with Crippen molar-refractivity contribution >= 4 is 34.1 Å². The zero-order valence-corrected chi connectivity index (χ0v) is 7.49. The van der Waals surface area contributed by atoms with Crippen molar-refractivity contribution in [1.29, 1.82) is 0 Å². The van der Waals surface area contributed by atoms with Gasteiger partial charge in [-0.05, 0) is 0 Å². The van der Waals surface area contributed by atoms with E-state index in [4.69, 9.17) is 4.74 Å². The maximum absolute atomic E-state index is 11.3. The van der Waals surface area contributed by atoms with Gasteiger partial charge in [0.25, 0.3) is 11.5 Å². The van der Waals surface area contributed by atoms with Crippen LogP contribution in [0.3, 0.4) is 0 Å². The Hall–Kier alpha value is 0.700. The third-order valence-electron chi connectivity index (χ3n) is 0.502. The molecule has 0 fully saturated rings. The molecule has 0 N–H and O–H groups in total. The largest absolute Gasteiger partial charge is 0.369 e. The lowest BCUT2D eigenvalue weighted by molar-refractivity contribution is 0.200. The van der Waals surface area contributed by atoms with Gasteiger partial charge >= 0.3 is 0 Å². The molecule has 56 valence electrons. The average molecular weight is 269 g/mol. The minimum atomic E-state index is -2.78. The van der Waals surface area contributed by atoms with E-state index in [9.17, 15) is 7.77 Å². The maximum atomic E-state index is 11.3. The van der Waals surface area contributed by atoms with Crippen LogP contribution < -0.4 is 0 Å². The fourth-order valence-corrected chi connectivity index (χ4v) is 0.749. The summed E-state index contributed by atoms with van der Waals surface area (Å²) in [6.45, 7) is 0.388. The molecule has 0 amide bonds. The topological polar surface area (TPSA) is 21.6 Å². The highest BCUT2D eigenvalue weighted by Crippen LogP contribution is 1.90. The van der Waals surface area contributed by atoms with E-state index < -0.39 is 11.5 Å². The van der Waals surface area contributed by atoms with Crippen molar-refractivity contribution in [2.45, 2.75) is 0 Å². The Bertz CT molecular complexity index is 97.8. The molecule has 0 aliphatic rings. The molecular weight excluding hydrogens is 263 g/mol. The SMILES string of the molecule is FS(F)=NCCOCI. The lowest BCUT2D eigenvalue weighted by Crippen LogP contribution is -1.94. The molecule has 0 aliphatic heterocycles. The van der Waals surface area contributed by atoms with Crippen molar-refractivity contribution in [2.24, 2.45) is 4.36 Å². The molecule has 0 aromatic rings. The number of ether oxygens (including phenoxy) is 1. The molecule has 0 aromatic heterocycles. The van der Waals surface area contributed by atoms with Crippen molar-refractivity contribution in [3.05, 3.63) is 0 Å². The fourth-order valence-electron chi connectivity index (χ4n) is 0.225. The molecule has 2 nitrogen and oxygen atoms in total. The van der Waals surface area contributed by atoms with Crippen LogP contribution in [-0.2, 0) is 16.2 Å². The lowest BCUT2D eigenvalue weighted by atomic mass is 10.7. The summed E-state index contributed by atoms with van der Waals surface area (Å²) < 4.78 is 30.7. The highest BCUT2D eigenvalue weighted by Gasteiger charge is 1.86. The number of nitrogens with zero attached hydrogens (tertiary/aromatic N) is 1. The van der Waals surface area contributed by atoms with Gasteiger partial charge in [0.15, 0.2) is 0 Å².